The van der Waals surface area contributed by atoms with Crippen LogP contribution in [0, 0.1) is 0 Å². The minimum atomic E-state index is -0.294. The first kappa shape index (κ1) is 14.9. The highest BCUT2D eigenvalue weighted by molar-refractivity contribution is 5.89. The summed E-state index contributed by atoms with van der Waals surface area (Å²) in [6.45, 7) is 3.23. The lowest BCUT2D eigenvalue weighted by Gasteiger charge is -2.41. The van der Waals surface area contributed by atoms with Crippen molar-refractivity contribution in [1.29, 1.82) is 0 Å². The second-order valence-corrected chi connectivity index (χ2v) is 5.39. The molecule has 1 aliphatic rings. The molecule has 2 atom stereocenters. The summed E-state index contributed by atoms with van der Waals surface area (Å²) in [5.74, 6) is -0.294. The highest BCUT2D eigenvalue weighted by Gasteiger charge is 2.28. The maximum Gasteiger partial charge on any atom is 0.337 e. The molecule has 2 rings (SSSR count). The monoisotopic (exact) mass is 276 g/mol. The fraction of sp³-hybridized carbons (Fsp3) is 0.562. The topological polar surface area (TPSA) is 55.6 Å². The molecule has 1 fully saturated rings. The number of rotatable bonds is 4. The van der Waals surface area contributed by atoms with Crippen molar-refractivity contribution in [2.45, 2.75) is 44.7 Å². The zero-order valence-electron chi connectivity index (χ0n) is 12.3. The predicted octanol–water partition coefficient (Wildman–Crippen LogP) is 2.57. The number of nitrogens with two attached hydrogens (primary N) is 1. The summed E-state index contributed by atoms with van der Waals surface area (Å²) in [6.07, 6.45) is 4.47. The van der Waals surface area contributed by atoms with E-state index >= 15 is 0 Å². The number of anilines is 1. The summed E-state index contributed by atoms with van der Waals surface area (Å²) in [5.41, 5.74) is 8.01. The van der Waals surface area contributed by atoms with Crippen molar-refractivity contribution >= 4 is 11.7 Å². The van der Waals surface area contributed by atoms with Crippen LogP contribution in [0.3, 0.4) is 0 Å². The molecule has 1 aromatic rings. The van der Waals surface area contributed by atoms with E-state index in [0.29, 0.717) is 11.6 Å². The van der Waals surface area contributed by atoms with Gasteiger partial charge in [-0.3, -0.25) is 0 Å². The first-order valence-corrected chi connectivity index (χ1v) is 7.38. The van der Waals surface area contributed by atoms with Gasteiger partial charge in [-0.1, -0.05) is 13.3 Å². The lowest BCUT2D eigenvalue weighted by Crippen LogP contribution is -2.52. The summed E-state index contributed by atoms with van der Waals surface area (Å²) in [5, 5.41) is 0. The molecular weight excluding hydrogens is 252 g/mol. The second kappa shape index (κ2) is 6.75. The molecule has 20 heavy (non-hydrogen) atoms. The number of benzene rings is 1. The van der Waals surface area contributed by atoms with E-state index in [-0.39, 0.29) is 12.0 Å². The molecule has 0 saturated carbocycles. The highest BCUT2D eigenvalue weighted by Crippen LogP contribution is 2.27. The van der Waals surface area contributed by atoms with E-state index in [0.717, 1.165) is 37.9 Å². The molecule has 0 amide bonds. The van der Waals surface area contributed by atoms with Crippen molar-refractivity contribution in [3.05, 3.63) is 29.8 Å². The van der Waals surface area contributed by atoms with Gasteiger partial charge in [-0.15, -0.1) is 0 Å². The van der Waals surface area contributed by atoms with Gasteiger partial charge in [0.1, 0.15) is 0 Å². The number of hydrogen-bond acceptors (Lipinski definition) is 4. The van der Waals surface area contributed by atoms with Gasteiger partial charge in [0.05, 0.1) is 12.7 Å². The molecule has 4 heteroatoms. The number of esters is 1. The van der Waals surface area contributed by atoms with E-state index in [1.165, 1.54) is 7.11 Å². The molecule has 0 aliphatic carbocycles. The van der Waals surface area contributed by atoms with Gasteiger partial charge in [0.2, 0.25) is 0 Å². The zero-order valence-corrected chi connectivity index (χ0v) is 12.3. The summed E-state index contributed by atoms with van der Waals surface area (Å²) in [4.78, 5) is 13.9. The maximum absolute atomic E-state index is 11.5. The Morgan fingerprint density at radius 1 is 1.40 bits per heavy atom. The largest absolute Gasteiger partial charge is 0.465 e. The van der Waals surface area contributed by atoms with Gasteiger partial charge in [0.15, 0.2) is 0 Å². The number of piperidine rings is 1. The second-order valence-electron chi connectivity index (χ2n) is 5.39. The van der Waals surface area contributed by atoms with Crippen LogP contribution in [0.15, 0.2) is 24.3 Å². The van der Waals surface area contributed by atoms with Gasteiger partial charge in [-0.05, 0) is 43.5 Å². The van der Waals surface area contributed by atoms with Gasteiger partial charge in [0, 0.05) is 24.3 Å². The van der Waals surface area contributed by atoms with Gasteiger partial charge in [-0.2, -0.15) is 0 Å². The van der Waals surface area contributed by atoms with Crippen LogP contribution in [0.4, 0.5) is 5.69 Å². The van der Waals surface area contributed by atoms with E-state index in [9.17, 15) is 4.79 Å². The third-order valence-electron chi connectivity index (χ3n) is 4.04. The molecule has 110 valence electrons. The van der Waals surface area contributed by atoms with Gasteiger partial charge in [-0.25, -0.2) is 4.79 Å². The fourth-order valence-electron chi connectivity index (χ4n) is 2.98. The summed E-state index contributed by atoms with van der Waals surface area (Å²) >= 11 is 0. The van der Waals surface area contributed by atoms with Crippen LogP contribution < -0.4 is 10.6 Å². The molecule has 2 unspecified atom stereocenters. The Bertz CT molecular complexity index is 444. The lowest BCUT2D eigenvalue weighted by molar-refractivity contribution is 0.0601. The Morgan fingerprint density at radius 2 is 2.10 bits per heavy atom. The van der Waals surface area contributed by atoms with Crippen LogP contribution in [-0.2, 0) is 4.74 Å². The minimum absolute atomic E-state index is 0.240. The molecule has 1 saturated heterocycles. The number of carbonyl (C=O) groups is 1. The van der Waals surface area contributed by atoms with E-state index in [4.69, 9.17) is 10.5 Å². The van der Waals surface area contributed by atoms with Crippen LogP contribution >= 0.6 is 0 Å². The van der Waals surface area contributed by atoms with Gasteiger partial charge >= 0.3 is 5.97 Å². The van der Waals surface area contributed by atoms with E-state index in [1.807, 2.05) is 24.3 Å². The zero-order chi connectivity index (χ0) is 14.5. The lowest BCUT2D eigenvalue weighted by atomic mass is 9.93. The highest BCUT2D eigenvalue weighted by atomic mass is 16.5. The minimum Gasteiger partial charge on any atom is -0.465 e. The number of ether oxygens (including phenoxy) is 1. The van der Waals surface area contributed by atoms with E-state index < -0.39 is 0 Å². The van der Waals surface area contributed by atoms with Crippen molar-refractivity contribution in [1.82, 2.24) is 0 Å². The molecule has 0 spiro atoms. The number of carbonyl (C=O) groups excluding carboxylic acids is 1. The summed E-state index contributed by atoms with van der Waals surface area (Å²) in [7, 11) is 1.40. The van der Waals surface area contributed by atoms with Crippen LogP contribution in [0.1, 0.15) is 43.0 Å². The number of methoxy groups -OCH3 is 1. The normalized spacial score (nSPS) is 22.6. The smallest absolute Gasteiger partial charge is 0.337 e. The maximum atomic E-state index is 11.5. The molecule has 0 aromatic heterocycles. The van der Waals surface area contributed by atoms with E-state index in [2.05, 4.69) is 11.8 Å². The molecule has 1 heterocycles. The van der Waals surface area contributed by atoms with Crippen molar-refractivity contribution in [2.75, 3.05) is 18.6 Å². The number of hydrogen-bond donors (Lipinski definition) is 1. The molecule has 1 aromatic carbocycles. The van der Waals surface area contributed by atoms with Crippen molar-refractivity contribution in [2.24, 2.45) is 5.73 Å². The van der Waals surface area contributed by atoms with Crippen LogP contribution in [0.2, 0.25) is 0 Å². The molecule has 4 nitrogen and oxygen atoms in total. The molecule has 0 radical (unpaired) electrons. The quantitative estimate of drug-likeness (QED) is 0.859. The summed E-state index contributed by atoms with van der Waals surface area (Å²) in [6, 6.07) is 8.27. The van der Waals surface area contributed by atoms with Gasteiger partial charge < -0.3 is 15.4 Å². The van der Waals surface area contributed by atoms with Gasteiger partial charge in [0.25, 0.3) is 0 Å². The van der Waals surface area contributed by atoms with Crippen LogP contribution in [0.5, 0.6) is 0 Å². The Balaban J connectivity index is 2.18. The third kappa shape index (κ3) is 3.12. The third-order valence-corrected chi connectivity index (χ3v) is 4.04. The first-order valence-electron chi connectivity index (χ1n) is 7.38. The Morgan fingerprint density at radius 3 is 2.70 bits per heavy atom. The average molecular weight is 276 g/mol. The van der Waals surface area contributed by atoms with Crippen molar-refractivity contribution in [3.63, 3.8) is 0 Å². The van der Waals surface area contributed by atoms with Crippen LogP contribution in [0.25, 0.3) is 0 Å². The van der Waals surface area contributed by atoms with E-state index in [1.54, 1.807) is 0 Å². The SMILES string of the molecule is CCCC1C(N)CCCN1c1ccc(C(=O)OC)cc1. The molecular formula is C16H24N2O2. The Kier molecular flexibility index (Phi) is 5.01. The Hall–Kier alpha value is -1.55. The first-order chi connectivity index (χ1) is 9.67. The van der Waals surface area contributed by atoms with Crippen molar-refractivity contribution in [3.8, 4) is 0 Å². The molecule has 1 aliphatic heterocycles. The molecule has 0 bridgehead atoms. The van der Waals surface area contributed by atoms with Crippen LogP contribution in [-0.4, -0.2) is 31.7 Å². The molecule has 2 N–H and O–H groups in total. The van der Waals surface area contributed by atoms with Crippen molar-refractivity contribution < 1.29 is 9.53 Å². The standard InChI is InChI=1S/C16H24N2O2/c1-3-5-15-14(17)6-4-11-18(15)13-9-7-12(8-10-13)16(19)20-2/h7-10,14-15H,3-6,11,17H2,1-2H3. The number of nitrogens with zero attached hydrogens (tertiary/aromatic N) is 1. The Labute approximate surface area is 120 Å². The fourth-order valence-corrected chi connectivity index (χ4v) is 2.98. The summed E-state index contributed by atoms with van der Waals surface area (Å²) < 4.78 is 4.73. The predicted molar refractivity (Wildman–Crippen MR) is 81.0 cm³/mol. The average Bonchev–Trinajstić information content (AvgIpc) is 2.49.